The van der Waals surface area contributed by atoms with E-state index in [2.05, 4.69) is 22.3 Å². The normalized spacial score (nSPS) is 24.2. The number of piperidine rings is 1. The van der Waals surface area contributed by atoms with Crippen LogP contribution in [0.25, 0.3) is 0 Å². The number of cyclic esters (lactones) is 1. The van der Waals surface area contributed by atoms with E-state index < -0.39 is 0 Å². The quantitative estimate of drug-likeness (QED) is 0.911. The maximum atomic E-state index is 13.3. The van der Waals surface area contributed by atoms with Gasteiger partial charge in [0.15, 0.2) is 0 Å². The molecule has 3 aliphatic heterocycles. The molecule has 25 heavy (non-hydrogen) atoms. The van der Waals surface area contributed by atoms with Gasteiger partial charge >= 0.3 is 6.09 Å². The smallest absolute Gasteiger partial charge is 0.407 e. The van der Waals surface area contributed by atoms with Crippen LogP contribution in [-0.2, 0) is 9.53 Å². The van der Waals surface area contributed by atoms with Crippen molar-refractivity contribution in [2.45, 2.75) is 37.3 Å². The molecular weight excluding hydrogens is 318 g/mol. The molecule has 3 saturated heterocycles. The van der Waals surface area contributed by atoms with E-state index in [1.165, 1.54) is 0 Å². The van der Waals surface area contributed by atoms with Crippen molar-refractivity contribution in [3.63, 3.8) is 0 Å². The van der Waals surface area contributed by atoms with Crippen molar-refractivity contribution in [1.29, 1.82) is 0 Å². The van der Waals surface area contributed by atoms with Crippen LogP contribution in [0.4, 0.5) is 4.79 Å². The van der Waals surface area contributed by atoms with Gasteiger partial charge in [0.25, 0.3) is 0 Å². The van der Waals surface area contributed by atoms with Crippen LogP contribution in [0.1, 0.15) is 37.3 Å². The third kappa shape index (κ3) is 3.23. The first kappa shape index (κ1) is 16.4. The number of rotatable bonds is 3. The number of amides is 2. The molecule has 2 amide bonds. The van der Waals surface area contributed by atoms with Gasteiger partial charge in [-0.15, -0.1) is 0 Å². The van der Waals surface area contributed by atoms with Crippen LogP contribution < -0.4 is 5.32 Å². The summed E-state index contributed by atoms with van der Waals surface area (Å²) in [6.07, 6.45) is 3.49. The van der Waals surface area contributed by atoms with Gasteiger partial charge in [0, 0.05) is 13.1 Å². The van der Waals surface area contributed by atoms with E-state index in [1.54, 1.807) is 0 Å². The van der Waals surface area contributed by atoms with Crippen molar-refractivity contribution in [3.8, 4) is 0 Å². The summed E-state index contributed by atoms with van der Waals surface area (Å²) in [5.41, 5.74) is 0.802. The molecule has 6 heteroatoms. The van der Waals surface area contributed by atoms with Crippen molar-refractivity contribution < 1.29 is 14.3 Å². The zero-order valence-electron chi connectivity index (χ0n) is 14.4. The minimum Gasteiger partial charge on any atom is -0.447 e. The van der Waals surface area contributed by atoms with Crippen molar-refractivity contribution in [2.75, 3.05) is 32.8 Å². The van der Waals surface area contributed by atoms with Crippen molar-refractivity contribution >= 4 is 12.0 Å². The lowest BCUT2D eigenvalue weighted by molar-refractivity contribution is -0.138. The summed E-state index contributed by atoms with van der Waals surface area (Å²) < 4.78 is 5.08. The minimum atomic E-state index is -0.334. The van der Waals surface area contributed by atoms with Crippen molar-refractivity contribution in [1.82, 2.24) is 15.1 Å². The first-order chi connectivity index (χ1) is 12.2. The van der Waals surface area contributed by atoms with E-state index >= 15 is 0 Å². The highest BCUT2D eigenvalue weighted by molar-refractivity contribution is 5.83. The van der Waals surface area contributed by atoms with Gasteiger partial charge in [-0.2, -0.15) is 0 Å². The predicted molar refractivity (Wildman–Crippen MR) is 93.0 cm³/mol. The highest BCUT2D eigenvalue weighted by Crippen LogP contribution is 2.31. The van der Waals surface area contributed by atoms with Crippen LogP contribution in [0.2, 0.25) is 0 Å². The molecule has 1 atom stereocenters. The lowest BCUT2D eigenvalue weighted by Crippen LogP contribution is -2.55. The standard InChI is InChI=1S/C19H25N3O3/c23-17(22-12-8-19(9-13-22)14-25-18(24)20-19)16(21-10-4-5-11-21)15-6-2-1-3-7-15/h1-3,6-7,16H,4-5,8-14H2,(H,20,24)/t16-/m0/s1. The Kier molecular flexibility index (Phi) is 4.37. The van der Waals surface area contributed by atoms with Crippen molar-refractivity contribution in [3.05, 3.63) is 35.9 Å². The Bertz CT molecular complexity index is 635. The van der Waals surface area contributed by atoms with Crippen molar-refractivity contribution in [2.24, 2.45) is 0 Å². The first-order valence-electron chi connectivity index (χ1n) is 9.20. The van der Waals surface area contributed by atoms with Gasteiger partial charge in [-0.3, -0.25) is 9.69 Å². The molecule has 1 N–H and O–H groups in total. The Hall–Kier alpha value is -2.08. The number of benzene rings is 1. The lowest BCUT2D eigenvalue weighted by atomic mass is 9.88. The topological polar surface area (TPSA) is 61.9 Å². The highest BCUT2D eigenvalue weighted by Gasteiger charge is 2.44. The predicted octanol–water partition coefficient (Wildman–Crippen LogP) is 1.92. The zero-order valence-corrected chi connectivity index (χ0v) is 14.4. The average molecular weight is 343 g/mol. The van der Waals surface area contributed by atoms with Gasteiger partial charge in [-0.25, -0.2) is 4.79 Å². The molecule has 0 saturated carbocycles. The Labute approximate surface area is 148 Å². The third-order valence-electron chi connectivity index (χ3n) is 5.73. The molecule has 0 aromatic heterocycles. The average Bonchev–Trinajstić information content (AvgIpc) is 3.27. The van der Waals surface area contributed by atoms with Crippen LogP contribution in [0.5, 0.6) is 0 Å². The molecule has 1 aromatic carbocycles. The molecule has 0 bridgehead atoms. The Morgan fingerprint density at radius 3 is 2.36 bits per heavy atom. The Morgan fingerprint density at radius 1 is 1.08 bits per heavy atom. The molecule has 3 fully saturated rings. The summed E-state index contributed by atoms with van der Waals surface area (Å²) in [6, 6.07) is 9.91. The summed E-state index contributed by atoms with van der Waals surface area (Å²) in [6.45, 7) is 3.71. The molecule has 4 rings (SSSR count). The van der Waals surface area contributed by atoms with Crippen LogP contribution >= 0.6 is 0 Å². The highest BCUT2D eigenvalue weighted by atomic mass is 16.6. The summed E-state index contributed by atoms with van der Waals surface area (Å²) in [5.74, 6) is 0.188. The van der Waals surface area contributed by atoms with E-state index in [-0.39, 0.29) is 23.6 Å². The molecule has 0 aliphatic carbocycles. The molecule has 0 radical (unpaired) electrons. The van der Waals surface area contributed by atoms with Gasteiger partial charge in [0.1, 0.15) is 12.6 Å². The number of hydrogen-bond donors (Lipinski definition) is 1. The molecule has 3 aliphatic rings. The SMILES string of the molecule is O=C1NC2(CCN(C(=O)[C@H](c3ccccc3)N3CCCC3)CC2)CO1. The fraction of sp³-hybridized carbons (Fsp3) is 0.579. The summed E-state index contributed by atoms with van der Waals surface area (Å²) in [7, 11) is 0. The number of hydrogen-bond acceptors (Lipinski definition) is 4. The molecule has 3 heterocycles. The Morgan fingerprint density at radius 2 is 1.76 bits per heavy atom. The molecule has 1 spiro atoms. The number of alkyl carbamates (subject to hydrolysis) is 1. The van der Waals surface area contributed by atoms with E-state index in [1.807, 2.05) is 23.1 Å². The number of nitrogens with one attached hydrogen (secondary N) is 1. The van der Waals surface area contributed by atoms with Crippen LogP contribution in [-0.4, -0.2) is 60.1 Å². The summed E-state index contributed by atoms with van der Waals surface area (Å²) in [4.78, 5) is 29.0. The molecule has 6 nitrogen and oxygen atoms in total. The van der Waals surface area contributed by atoms with Crippen LogP contribution in [0.15, 0.2) is 30.3 Å². The van der Waals surface area contributed by atoms with Gasteiger partial charge in [0.2, 0.25) is 5.91 Å². The van der Waals surface area contributed by atoms with Crippen LogP contribution in [0, 0.1) is 0 Å². The molecule has 134 valence electrons. The molecule has 0 unspecified atom stereocenters. The second-order valence-electron chi connectivity index (χ2n) is 7.36. The monoisotopic (exact) mass is 343 g/mol. The van der Waals surface area contributed by atoms with Gasteiger partial charge in [0.05, 0.1) is 5.54 Å². The second kappa shape index (κ2) is 6.67. The maximum absolute atomic E-state index is 13.3. The van der Waals surface area contributed by atoms with E-state index in [0.29, 0.717) is 19.7 Å². The number of nitrogens with zero attached hydrogens (tertiary/aromatic N) is 2. The first-order valence-corrected chi connectivity index (χ1v) is 9.20. The Balaban J connectivity index is 1.48. The largest absolute Gasteiger partial charge is 0.447 e. The van der Waals surface area contributed by atoms with Gasteiger partial charge in [-0.1, -0.05) is 30.3 Å². The maximum Gasteiger partial charge on any atom is 0.407 e. The van der Waals surface area contributed by atoms with E-state index in [9.17, 15) is 9.59 Å². The number of carbonyl (C=O) groups excluding carboxylic acids is 2. The molecular formula is C19H25N3O3. The fourth-order valence-corrected chi connectivity index (χ4v) is 4.23. The fourth-order valence-electron chi connectivity index (χ4n) is 4.23. The molecule has 1 aromatic rings. The summed E-state index contributed by atoms with van der Waals surface area (Å²) in [5, 5.41) is 2.94. The zero-order chi connectivity index (χ0) is 17.3. The third-order valence-corrected chi connectivity index (χ3v) is 5.73. The number of likely N-dealkylation sites (tertiary alicyclic amines) is 2. The number of carbonyl (C=O) groups is 2. The number of ether oxygens (including phenoxy) is 1. The van der Waals surface area contributed by atoms with Crippen LogP contribution in [0.3, 0.4) is 0 Å². The van der Waals surface area contributed by atoms with E-state index in [0.717, 1.165) is 44.3 Å². The van der Waals surface area contributed by atoms with Gasteiger partial charge < -0.3 is 15.0 Å². The van der Waals surface area contributed by atoms with E-state index in [4.69, 9.17) is 4.74 Å². The summed E-state index contributed by atoms with van der Waals surface area (Å²) >= 11 is 0. The lowest BCUT2D eigenvalue weighted by Gasteiger charge is -2.40. The second-order valence-corrected chi connectivity index (χ2v) is 7.36. The minimum absolute atomic E-state index is 0.188. The van der Waals surface area contributed by atoms with Gasteiger partial charge in [-0.05, 0) is 44.3 Å².